The molecule has 0 unspecified atom stereocenters. The van der Waals surface area contributed by atoms with Crippen molar-refractivity contribution in [1.82, 2.24) is 0 Å². The summed E-state index contributed by atoms with van der Waals surface area (Å²) in [5.41, 5.74) is 1.36. The van der Waals surface area contributed by atoms with Gasteiger partial charge in [-0.05, 0) is 26.2 Å². The third kappa shape index (κ3) is 3.00. The number of rotatable bonds is 0. The molecular weight excluding hydrogens is 122 g/mol. The van der Waals surface area contributed by atoms with Crippen molar-refractivity contribution in [3.63, 3.8) is 0 Å². The number of hydrogen-bond acceptors (Lipinski definition) is 1. The Morgan fingerprint density at radius 3 is 2.60 bits per heavy atom. The quantitative estimate of drug-likeness (QED) is 0.489. The van der Waals surface area contributed by atoms with Crippen LogP contribution >= 0.6 is 0 Å². The second-order valence-electron chi connectivity index (χ2n) is 3.13. The maximum absolute atomic E-state index is 4.46. The van der Waals surface area contributed by atoms with E-state index in [0.717, 1.165) is 6.54 Å². The Labute approximate surface area is 63.5 Å². The molecule has 0 atom stereocenters. The summed E-state index contributed by atoms with van der Waals surface area (Å²) in [5.74, 6) is 0. The fraction of sp³-hybridized carbons (Fsp3) is 0.889. The molecule has 0 radical (unpaired) electrons. The third-order valence-electron chi connectivity index (χ3n) is 2.08. The molecule has 0 aromatic carbocycles. The molecule has 0 N–H and O–H groups in total. The molecule has 1 heterocycles. The summed E-state index contributed by atoms with van der Waals surface area (Å²) in [6.07, 6.45) is 8.11. The molecule has 0 aliphatic carbocycles. The molecule has 0 spiro atoms. The van der Waals surface area contributed by atoms with E-state index in [0.29, 0.717) is 0 Å². The van der Waals surface area contributed by atoms with Crippen LogP contribution in [-0.4, -0.2) is 12.3 Å². The highest BCUT2D eigenvalue weighted by Crippen LogP contribution is 2.08. The molecule has 0 bridgehead atoms. The second kappa shape index (κ2) is 4.48. The van der Waals surface area contributed by atoms with Gasteiger partial charge in [0.2, 0.25) is 0 Å². The summed E-state index contributed by atoms with van der Waals surface area (Å²) in [5, 5.41) is 0. The van der Waals surface area contributed by atoms with Crippen LogP contribution in [-0.2, 0) is 0 Å². The van der Waals surface area contributed by atoms with Crippen molar-refractivity contribution < 1.29 is 0 Å². The average molecular weight is 139 g/mol. The lowest BCUT2D eigenvalue weighted by Gasteiger charge is -1.95. The molecule has 0 aromatic rings. The number of hydrogen-bond donors (Lipinski definition) is 0. The molecule has 58 valence electrons. The third-order valence-corrected chi connectivity index (χ3v) is 2.08. The van der Waals surface area contributed by atoms with Crippen LogP contribution in [0.2, 0.25) is 0 Å². The van der Waals surface area contributed by atoms with Crippen LogP contribution in [0.25, 0.3) is 0 Å². The molecule has 10 heavy (non-hydrogen) atoms. The van der Waals surface area contributed by atoms with Crippen molar-refractivity contribution in [2.45, 2.75) is 45.4 Å². The molecule has 1 aliphatic heterocycles. The normalized spacial score (nSPS) is 22.3. The van der Waals surface area contributed by atoms with Crippen molar-refractivity contribution in [2.75, 3.05) is 6.54 Å². The van der Waals surface area contributed by atoms with Gasteiger partial charge in [0.15, 0.2) is 0 Å². The van der Waals surface area contributed by atoms with E-state index in [1.54, 1.807) is 0 Å². The van der Waals surface area contributed by atoms with E-state index in [1.807, 2.05) is 0 Å². The molecule has 0 amide bonds. The molecule has 0 saturated carbocycles. The lowest BCUT2D eigenvalue weighted by molar-refractivity contribution is 0.639. The molecule has 1 aliphatic rings. The Bertz CT molecular complexity index is 116. The van der Waals surface area contributed by atoms with Gasteiger partial charge in [-0.2, -0.15) is 0 Å². The summed E-state index contributed by atoms with van der Waals surface area (Å²) in [7, 11) is 0. The van der Waals surface area contributed by atoms with Crippen LogP contribution in [0.5, 0.6) is 0 Å². The SMILES string of the molecule is CC1=NCCCCCCC1. The standard InChI is InChI=1S/C9H17N/c1-9-7-5-3-2-4-6-8-10-9/h2-8H2,1H3. The minimum Gasteiger partial charge on any atom is -0.294 e. The smallest absolute Gasteiger partial charge is 0.0388 e. The molecule has 1 rings (SSSR count). The van der Waals surface area contributed by atoms with E-state index in [1.165, 1.54) is 44.2 Å². The van der Waals surface area contributed by atoms with Gasteiger partial charge in [-0.3, -0.25) is 4.99 Å². The van der Waals surface area contributed by atoms with Crippen LogP contribution in [0.1, 0.15) is 45.4 Å². The van der Waals surface area contributed by atoms with Gasteiger partial charge in [-0.1, -0.05) is 19.3 Å². The Kier molecular flexibility index (Phi) is 3.48. The first kappa shape index (κ1) is 7.77. The highest BCUT2D eigenvalue weighted by Gasteiger charge is 1.96. The Hall–Kier alpha value is -0.330. The second-order valence-corrected chi connectivity index (χ2v) is 3.13. The first-order valence-corrected chi connectivity index (χ1v) is 4.39. The van der Waals surface area contributed by atoms with Crippen LogP contribution < -0.4 is 0 Å². The largest absolute Gasteiger partial charge is 0.294 e. The van der Waals surface area contributed by atoms with Gasteiger partial charge >= 0.3 is 0 Å². The predicted molar refractivity (Wildman–Crippen MR) is 45.7 cm³/mol. The van der Waals surface area contributed by atoms with E-state index >= 15 is 0 Å². The van der Waals surface area contributed by atoms with Gasteiger partial charge in [-0.15, -0.1) is 0 Å². The van der Waals surface area contributed by atoms with Crippen molar-refractivity contribution in [3.05, 3.63) is 0 Å². The fourth-order valence-electron chi connectivity index (χ4n) is 1.37. The lowest BCUT2D eigenvalue weighted by atomic mass is 10.1. The summed E-state index contributed by atoms with van der Waals surface area (Å²) in [6.45, 7) is 3.23. The zero-order chi connectivity index (χ0) is 7.23. The van der Waals surface area contributed by atoms with Crippen LogP contribution in [0, 0.1) is 0 Å². The molecule has 0 fully saturated rings. The van der Waals surface area contributed by atoms with Gasteiger partial charge in [-0.25, -0.2) is 0 Å². The van der Waals surface area contributed by atoms with E-state index in [-0.39, 0.29) is 0 Å². The summed E-state index contributed by atoms with van der Waals surface area (Å²) in [4.78, 5) is 4.46. The maximum atomic E-state index is 4.46. The van der Waals surface area contributed by atoms with E-state index < -0.39 is 0 Å². The summed E-state index contributed by atoms with van der Waals surface area (Å²) >= 11 is 0. The van der Waals surface area contributed by atoms with Gasteiger partial charge in [0.25, 0.3) is 0 Å². The predicted octanol–water partition coefficient (Wildman–Crippen LogP) is 2.80. The van der Waals surface area contributed by atoms with Crippen molar-refractivity contribution in [1.29, 1.82) is 0 Å². The topological polar surface area (TPSA) is 12.4 Å². The van der Waals surface area contributed by atoms with E-state index in [9.17, 15) is 0 Å². The minimum atomic E-state index is 1.08. The minimum absolute atomic E-state index is 1.08. The number of aliphatic imine (C=N–C) groups is 1. The Morgan fingerprint density at radius 1 is 1.00 bits per heavy atom. The van der Waals surface area contributed by atoms with Gasteiger partial charge in [0.05, 0.1) is 0 Å². The zero-order valence-electron chi connectivity index (χ0n) is 6.90. The van der Waals surface area contributed by atoms with E-state index in [2.05, 4.69) is 11.9 Å². The fourth-order valence-corrected chi connectivity index (χ4v) is 1.37. The average Bonchev–Trinajstić information content (AvgIpc) is 2.02. The summed E-state index contributed by atoms with van der Waals surface area (Å²) in [6, 6.07) is 0. The van der Waals surface area contributed by atoms with Gasteiger partial charge in [0.1, 0.15) is 0 Å². The van der Waals surface area contributed by atoms with Crippen LogP contribution in [0.15, 0.2) is 4.99 Å². The Balaban J connectivity index is 2.29. The number of nitrogens with zero attached hydrogens (tertiary/aromatic N) is 1. The first-order chi connectivity index (χ1) is 4.89. The van der Waals surface area contributed by atoms with Crippen molar-refractivity contribution in [2.24, 2.45) is 4.99 Å². The first-order valence-electron chi connectivity index (χ1n) is 4.39. The summed E-state index contributed by atoms with van der Waals surface area (Å²) < 4.78 is 0. The monoisotopic (exact) mass is 139 g/mol. The Morgan fingerprint density at radius 2 is 1.70 bits per heavy atom. The molecule has 0 saturated heterocycles. The van der Waals surface area contributed by atoms with E-state index in [4.69, 9.17) is 0 Å². The van der Waals surface area contributed by atoms with Crippen molar-refractivity contribution >= 4 is 5.71 Å². The van der Waals surface area contributed by atoms with Crippen LogP contribution in [0.3, 0.4) is 0 Å². The molecule has 1 nitrogen and oxygen atoms in total. The molecular formula is C9H17N. The van der Waals surface area contributed by atoms with Gasteiger partial charge < -0.3 is 0 Å². The maximum Gasteiger partial charge on any atom is 0.0388 e. The molecule has 0 aromatic heterocycles. The van der Waals surface area contributed by atoms with Gasteiger partial charge in [0, 0.05) is 12.3 Å². The van der Waals surface area contributed by atoms with Crippen molar-refractivity contribution in [3.8, 4) is 0 Å². The molecule has 1 heteroatoms. The lowest BCUT2D eigenvalue weighted by Crippen LogP contribution is -1.91. The highest BCUT2D eigenvalue weighted by molar-refractivity contribution is 5.81. The van der Waals surface area contributed by atoms with Crippen LogP contribution in [0.4, 0.5) is 0 Å². The zero-order valence-corrected chi connectivity index (χ0v) is 6.90. The highest BCUT2D eigenvalue weighted by atomic mass is 14.7.